The quantitative estimate of drug-likeness (QED) is 0.770. The molecule has 0 unspecified atom stereocenters. The molecule has 2 aromatic heterocycles. The van der Waals surface area contributed by atoms with E-state index in [-0.39, 0.29) is 0 Å². The van der Waals surface area contributed by atoms with Crippen LogP contribution in [0.3, 0.4) is 0 Å². The standard InChI is InChI=1S/C16H17N5/c1-12-7-16(18-9-15(12)17)20-14-8-19-21(11-14)10-13-5-3-2-4-6-13/h2-9,11H,10,17H2,1H3,(H,18,20). The zero-order valence-corrected chi connectivity index (χ0v) is 11.8. The molecule has 0 saturated heterocycles. The van der Waals surface area contributed by atoms with E-state index in [9.17, 15) is 0 Å². The lowest BCUT2D eigenvalue weighted by Crippen LogP contribution is -1.99. The van der Waals surface area contributed by atoms with Crippen molar-refractivity contribution in [2.24, 2.45) is 0 Å². The van der Waals surface area contributed by atoms with E-state index in [2.05, 4.69) is 27.5 Å². The zero-order valence-electron chi connectivity index (χ0n) is 11.8. The Morgan fingerprint density at radius 3 is 2.76 bits per heavy atom. The van der Waals surface area contributed by atoms with E-state index in [1.54, 1.807) is 12.4 Å². The summed E-state index contributed by atoms with van der Waals surface area (Å²) in [6.45, 7) is 2.71. The second-order valence-corrected chi connectivity index (χ2v) is 4.96. The molecule has 5 nitrogen and oxygen atoms in total. The summed E-state index contributed by atoms with van der Waals surface area (Å²) in [7, 11) is 0. The average Bonchev–Trinajstić information content (AvgIpc) is 2.91. The first-order valence-electron chi connectivity index (χ1n) is 6.76. The van der Waals surface area contributed by atoms with Crippen molar-refractivity contribution in [1.29, 1.82) is 0 Å². The van der Waals surface area contributed by atoms with Crippen molar-refractivity contribution in [3.8, 4) is 0 Å². The topological polar surface area (TPSA) is 68.8 Å². The predicted molar refractivity (Wildman–Crippen MR) is 84.4 cm³/mol. The average molecular weight is 279 g/mol. The largest absolute Gasteiger partial charge is 0.397 e. The van der Waals surface area contributed by atoms with E-state index < -0.39 is 0 Å². The monoisotopic (exact) mass is 279 g/mol. The maximum absolute atomic E-state index is 5.77. The van der Waals surface area contributed by atoms with E-state index in [1.165, 1.54) is 5.56 Å². The van der Waals surface area contributed by atoms with Crippen molar-refractivity contribution < 1.29 is 0 Å². The van der Waals surface area contributed by atoms with Crippen LogP contribution >= 0.6 is 0 Å². The molecule has 0 aliphatic rings. The Morgan fingerprint density at radius 1 is 1.19 bits per heavy atom. The molecule has 0 amide bonds. The Labute approximate surface area is 123 Å². The van der Waals surface area contributed by atoms with Gasteiger partial charge in [-0.25, -0.2) is 4.98 Å². The van der Waals surface area contributed by atoms with Gasteiger partial charge in [0, 0.05) is 6.20 Å². The first-order chi connectivity index (χ1) is 10.2. The molecule has 0 atom stereocenters. The van der Waals surface area contributed by atoms with Crippen LogP contribution in [0.1, 0.15) is 11.1 Å². The molecule has 3 aromatic rings. The summed E-state index contributed by atoms with van der Waals surface area (Å²) in [6.07, 6.45) is 5.41. The number of hydrogen-bond acceptors (Lipinski definition) is 4. The molecule has 2 heterocycles. The lowest BCUT2D eigenvalue weighted by molar-refractivity contribution is 0.687. The van der Waals surface area contributed by atoms with Crippen molar-refractivity contribution in [2.45, 2.75) is 13.5 Å². The van der Waals surface area contributed by atoms with Gasteiger partial charge in [-0.2, -0.15) is 5.10 Å². The van der Waals surface area contributed by atoms with Crippen LogP contribution in [0.15, 0.2) is 55.0 Å². The number of hydrogen-bond donors (Lipinski definition) is 2. The van der Waals surface area contributed by atoms with Crippen LogP contribution in [0.2, 0.25) is 0 Å². The highest BCUT2D eigenvalue weighted by Gasteiger charge is 2.02. The maximum atomic E-state index is 5.77. The van der Waals surface area contributed by atoms with Crippen LogP contribution in [0.25, 0.3) is 0 Å². The predicted octanol–water partition coefficient (Wildman–Crippen LogP) is 2.96. The van der Waals surface area contributed by atoms with Gasteiger partial charge >= 0.3 is 0 Å². The molecule has 0 aliphatic carbocycles. The van der Waals surface area contributed by atoms with E-state index in [1.807, 2.05) is 42.1 Å². The van der Waals surface area contributed by atoms with Gasteiger partial charge in [-0.05, 0) is 24.1 Å². The van der Waals surface area contributed by atoms with Gasteiger partial charge in [-0.1, -0.05) is 30.3 Å². The molecule has 0 aliphatic heterocycles. The number of pyridine rings is 1. The van der Waals surface area contributed by atoms with Gasteiger partial charge in [0.25, 0.3) is 0 Å². The number of aromatic nitrogens is 3. The number of nitrogens with two attached hydrogens (primary N) is 1. The number of benzene rings is 1. The van der Waals surface area contributed by atoms with Crippen LogP contribution in [-0.2, 0) is 6.54 Å². The third-order valence-electron chi connectivity index (χ3n) is 3.24. The van der Waals surface area contributed by atoms with Crippen LogP contribution in [0, 0.1) is 6.92 Å². The van der Waals surface area contributed by atoms with Gasteiger partial charge in [-0.3, -0.25) is 4.68 Å². The first kappa shape index (κ1) is 13.2. The molecular weight excluding hydrogens is 262 g/mol. The first-order valence-corrected chi connectivity index (χ1v) is 6.76. The highest BCUT2D eigenvalue weighted by atomic mass is 15.3. The van der Waals surface area contributed by atoms with Crippen molar-refractivity contribution >= 4 is 17.2 Å². The summed E-state index contributed by atoms with van der Waals surface area (Å²) in [6, 6.07) is 12.1. The molecule has 0 saturated carbocycles. The van der Waals surface area contributed by atoms with Crippen molar-refractivity contribution in [3.05, 3.63) is 66.1 Å². The Bertz CT molecular complexity index is 733. The second kappa shape index (κ2) is 5.66. The number of aryl methyl sites for hydroxylation is 1. The van der Waals surface area contributed by atoms with E-state index >= 15 is 0 Å². The minimum Gasteiger partial charge on any atom is -0.397 e. The molecular formula is C16H17N5. The summed E-state index contributed by atoms with van der Waals surface area (Å²) in [5, 5.41) is 7.58. The zero-order chi connectivity index (χ0) is 14.7. The Balaban J connectivity index is 1.71. The summed E-state index contributed by atoms with van der Waals surface area (Å²) in [5.41, 5.74) is 9.59. The summed E-state index contributed by atoms with van der Waals surface area (Å²) in [5.74, 6) is 0.765. The second-order valence-electron chi connectivity index (χ2n) is 4.96. The SMILES string of the molecule is Cc1cc(Nc2cnn(Cc3ccccc3)c2)ncc1N. The third-order valence-corrected chi connectivity index (χ3v) is 3.24. The molecule has 106 valence electrons. The number of nitrogen functional groups attached to an aromatic ring is 1. The fourth-order valence-electron chi connectivity index (χ4n) is 2.07. The maximum Gasteiger partial charge on any atom is 0.130 e. The Morgan fingerprint density at radius 2 is 2.00 bits per heavy atom. The number of anilines is 3. The van der Waals surface area contributed by atoms with Gasteiger partial charge < -0.3 is 11.1 Å². The Kier molecular flexibility index (Phi) is 3.55. The normalized spacial score (nSPS) is 10.5. The molecule has 3 N–H and O–H groups in total. The lowest BCUT2D eigenvalue weighted by Gasteiger charge is -2.05. The van der Waals surface area contributed by atoms with E-state index in [4.69, 9.17) is 5.73 Å². The molecule has 0 fully saturated rings. The van der Waals surface area contributed by atoms with Crippen molar-refractivity contribution in [3.63, 3.8) is 0 Å². The number of nitrogens with zero attached hydrogens (tertiary/aromatic N) is 3. The smallest absolute Gasteiger partial charge is 0.130 e. The number of nitrogens with one attached hydrogen (secondary N) is 1. The van der Waals surface area contributed by atoms with E-state index in [0.29, 0.717) is 5.69 Å². The highest BCUT2D eigenvalue weighted by molar-refractivity contribution is 5.58. The molecule has 0 radical (unpaired) electrons. The van der Waals surface area contributed by atoms with Gasteiger partial charge in [0.2, 0.25) is 0 Å². The molecule has 1 aromatic carbocycles. The van der Waals surface area contributed by atoms with E-state index in [0.717, 1.165) is 23.6 Å². The van der Waals surface area contributed by atoms with Crippen LogP contribution in [0.4, 0.5) is 17.2 Å². The van der Waals surface area contributed by atoms with Gasteiger partial charge in [0.15, 0.2) is 0 Å². The minimum atomic E-state index is 0.695. The fourth-order valence-corrected chi connectivity index (χ4v) is 2.07. The third kappa shape index (κ3) is 3.20. The van der Waals surface area contributed by atoms with Gasteiger partial charge in [-0.15, -0.1) is 0 Å². The van der Waals surface area contributed by atoms with Crippen molar-refractivity contribution in [1.82, 2.24) is 14.8 Å². The molecule has 21 heavy (non-hydrogen) atoms. The molecule has 3 rings (SSSR count). The molecule has 5 heteroatoms. The van der Waals surface area contributed by atoms with Gasteiger partial charge in [0.1, 0.15) is 5.82 Å². The fraction of sp³-hybridized carbons (Fsp3) is 0.125. The minimum absolute atomic E-state index is 0.695. The summed E-state index contributed by atoms with van der Waals surface area (Å²) < 4.78 is 1.89. The van der Waals surface area contributed by atoms with Crippen LogP contribution in [0.5, 0.6) is 0 Å². The van der Waals surface area contributed by atoms with Crippen LogP contribution in [-0.4, -0.2) is 14.8 Å². The molecule has 0 bridgehead atoms. The lowest BCUT2D eigenvalue weighted by atomic mass is 10.2. The highest BCUT2D eigenvalue weighted by Crippen LogP contribution is 2.18. The van der Waals surface area contributed by atoms with Crippen molar-refractivity contribution in [2.75, 3.05) is 11.1 Å². The van der Waals surface area contributed by atoms with Crippen LogP contribution < -0.4 is 11.1 Å². The summed E-state index contributed by atoms with van der Waals surface area (Å²) in [4.78, 5) is 4.25. The summed E-state index contributed by atoms with van der Waals surface area (Å²) >= 11 is 0. The number of rotatable bonds is 4. The van der Waals surface area contributed by atoms with Gasteiger partial charge in [0.05, 0.1) is 30.3 Å². The Hall–Kier alpha value is -2.82. The molecule has 0 spiro atoms.